The summed E-state index contributed by atoms with van der Waals surface area (Å²) in [5, 5.41) is 8.51. The number of ether oxygens (including phenoxy) is 1. The van der Waals surface area contributed by atoms with Gasteiger partial charge in [0.2, 0.25) is 5.91 Å². The fourth-order valence-corrected chi connectivity index (χ4v) is 3.67. The highest BCUT2D eigenvalue weighted by Crippen LogP contribution is 2.24. The highest BCUT2D eigenvalue weighted by atomic mass is 19.1. The van der Waals surface area contributed by atoms with Gasteiger partial charge < -0.3 is 10.1 Å². The standard InChI is InChI=1S/C28H30FN3O2/c1-28(2,3)27(33)31-23(12-9-20-7-5-4-6-8-20)19-34-25-15-16-26-21(17-25)18-30-32(26)24-13-10-22(29)11-14-24/h4-8,10-11,13-18,23H,9,12,19H2,1-3H3,(H,31,33). The Labute approximate surface area is 199 Å². The normalized spacial score (nSPS) is 12.5. The lowest BCUT2D eigenvalue weighted by atomic mass is 9.94. The van der Waals surface area contributed by atoms with Crippen molar-refractivity contribution < 1.29 is 13.9 Å². The van der Waals surface area contributed by atoms with Crippen molar-refractivity contribution in [3.05, 3.63) is 90.4 Å². The molecule has 176 valence electrons. The number of fused-ring (bicyclic) bond motifs is 1. The fourth-order valence-electron chi connectivity index (χ4n) is 3.67. The molecule has 0 saturated heterocycles. The topological polar surface area (TPSA) is 56.1 Å². The number of aryl methyl sites for hydroxylation is 1. The van der Waals surface area contributed by atoms with Crippen LogP contribution in [0.2, 0.25) is 0 Å². The van der Waals surface area contributed by atoms with Crippen LogP contribution >= 0.6 is 0 Å². The van der Waals surface area contributed by atoms with Gasteiger partial charge in [-0.15, -0.1) is 0 Å². The van der Waals surface area contributed by atoms with Gasteiger partial charge in [0.1, 0.15) is 18.2 Å². The van der Waals surface area contributed by atoms with E-state index in [4.69, 9.17) is 4.74 Å². The van der Waals surface area contributed by atoms with Crippen LogP contribution in [-0.4, -0.2) is 28.3 Å². The van der Waals surface area contributed by atoms with Crippen molar-refractivity contribution in [2.24, 2.45) is 5.41 Å². The van der Waals surface area contributed by atoms with Gasteiger partial charge in [-0.25, -0.2) is 9.07 Å². The number of halogens is 1. The summed E-state index contributed by atoms with van der Waals surface area (Å²) in [5.41, 5.74) is 2.45. The summed E-state index contributed by atoms with van der Waals surface area (Å²) >= 11 is 0. The van der Waals surface area contributed by atoms with Crippen LogP contribution in [0.1, 0.15) is 32.8 Å². The third kappa shape index (κ3) is 5.81. The second-order valence-electron chi connectivity index (χ2n) is 9.51. The van der Waals surface area contributed by atoms with Crippen LogP contribution in [0.15, 0.2) is 79.0 Å². The maximum absolute atomic E-state index is 13.3. The zero-order valence-electron chi connectivity index (χ0n) is 19.8. The van der Waals surface area contributed by atoms with E-state index >= 15 is 0 Å². The second kappa shape index (κ2) is 10.1. The Hall–Kier alpha value is -3.67. The van der Waals surface area contributed by atoms with Gasteiger partial charge in [0.15, 0.2) is 0 Å². The van der Waals surface area contributed by atoms with Gasteiger partial charge >= 0.3 is 0 Å². The van der Waals surface area contributed by atoms with Gasteiger partial charge in [-0.3, -0.25) is 4.79 Å². The maximum atomic E-state index is 13.3. The molecule has 1 N–H and O–H groups in total. The number of nitrogens with zero attached hydrogens (tertiary/aromatic N) is 2. The SMILES string of the molecule is CC(C)(C)C(=O)NC(CCc1ccccc1)COc1ccc2c(cnn2-c2ccc(F)cc2)c1. The summed E-state index contributed by atoms with van der Waals surface area (Å²) in [7, 11) is 0. The van der Waals surface area contributed by atoms with E-state index in [0.717, 1.165) is 29.4 Å². The van der Waals surface area contributed by atoms with E-state index in [1.807, 2.05) is 57.2 Å². The Kier molecular flexibility index (Phi) is 6.96. The fraction of sp³-hybridized carbons (Fsp3) is 0.286. The molecule has 3 aromatic carbocycles. The average molecular weight is 460 g/mol. The molecule has 1 atom stereocenters. The Morgan fingerprint density at radius 1 is 1.06 bits per heavy atom. The summed E-state index contributed by atoms with van der Waals surface area (Å²) in [4.78, 5) is 12.6. The lowest BCUT2D eigenvalue weighted by Crippen LogP contribution is -2.44. The van der Waals surface area contributed by atoms with Crippen molar-refractivity contribution in [1.29, 1.82) is 0 Å². The lowest BCUT2D eigenvalue weighted by Gasteiger charge is -2.24. The average Bonchev–Trinajstić information content (AvgIpc) is 3.24. The molecular weight excluding hydrogens is 429 g/mol. The number of benzene rings is 3. The number of nitrogens with one attached hydrogen (secondary N) is 1. The number of amides is 1. The largest absolute Gasteiger partial charge is 0.491 e. The van der Waals surface area contributed by atoms with E-state index in [0.29, 0.717) is 12.4 Å². The molecule has 5 nitrogen and oxygen atoms in total. The Balaban J connectivity index is 1.46. The zero-order chi connectivity index (χ0) is 24.1. The van der Waals surface area contributed by atoms with E-state index in [2.05, 4.69) is 22.5 Å². The van der Waals surface area contributed by atoms with Crippen molar-refractivity contribution in [2.45, 2.75) is 39.7 Å². The summed E-state index contributed by atoms with van der Waals surface area (Å²) in [6.07, 6.45) is 3.39. The first-order valence-electron chi connectivity index (χ1n) is 11.5. The van der Waals surface area contributed by atoms with Crippen LogP contribution in [0, 0.1) is 11.2 Å². The highest BCUT2D eigenvalue weighted by Gasteiger charge is 2.24. The zero-order valence-corrected chi connectivity index (χ0v) is 19.8. The van der Waals surface area contributed by atoms with E-state index in [1.165, 1.54) is 17.7 Å². The third-order valence-electron chi connectivity index (χ3n) is 5.70. The molecule has 0 fully saturated rings. The Morgan fingerprint density at radius 2 is 1.79 bits per heavy atom. The first-order valence-corrected chi connectivity index (χ1v) is 11.5. The molecule has 1 heterocycles. The van der Waals surface area contributed by atoms with Crippen molar-refractivity contribution in [2.75, 3.05) is 6.61 Å². The van der Waals surface area contributed by atoms with Gasteiger partial charge in [0.05, 0.1) is 23.4 Å². The molecule has 0 aliphatic carbocycles. The van der Waals surface area contributed by atoms with Gasteiger partial charge in [0, 0.05) is 10.8 Å². The second-order valence-corrected chi connectivity index (χ2v) is 9.51. The van der Waals surface area contributed by atoms with Crippen molar-refractivity contribution in [1.82, 2.24) is 15.1 Å². The van der Waals surface area contributed by atoms with Crippen molar-refractivity contribution in [3.8, 4) is 11.4 Å². The van der Waals surface area contributed by atoms with E-state index in [9.17, 15) is 9.18 Å². The molecule has 34 heavy (non-hydrogen) atoms. The van der Waals surface area contributed by atoms with Gasteiger partial charge in [-0.05, 0) is 60.9 Å². The molecule has 6 heteroatoms. The Bertz CT molecular complexity index is 1240. The van der Waals surface area contributed by atoms with Crippen LogP contribution in [0.5, 0.6) is 5.75 Å². The van der Waals surface area contributed by atoms with Crippen LogP contribution in [0.4, 0.5) is 4.39 Å². The summed E-state index contributed by atoms with van der Waals surface area (Å²) in [6.45, 7) is 6.09. The maximum Gasteiger partial charge on any atom is 0.225 e. The highest BCUT2D eigenvalue weighted by molar-refractivity contribution is 5.82. The lowest BCUT2D eigenvalue weighted by molar-refractivity contribution is -0.129. The summed E-state index contributed by atoms with van der Waals surface area (Å²) in [6, 6.07) is 22.1. The van der Waals surface area contributed by atoms with E-state index in [1.54, 1.807) is 23.0 Å². The molecule has 1 amide bonds. The van der Waals surface area contributed by atoms with Crippen molar-refractivity contribution in [3.63, 3.8) is 0 Å². The molecule has 0 radical (unpaired) electrons. The molecule has 0 saturated carbocycles. The quantitative estimate of drug-likeness (QED) is 0.367. The number of hydrogen-bond donors (Lipinski definition) is 1. The minimum absolute atomic E-state index is 0.00480. The number of rotatable bonds is 8. The van der Waals surface area contributed by atoms with Gasteiger partial charge in [-0.1, -0.05) is 51.1 Å². The first kappa shape index (κ1) is 23.5. The minimum Gasteiger partial charge on any atom is -0.491 e. The van der Waals surface area contributed by atoms with Crippen LogP contribution in [0.3, 0.4) is 0 Å². The molecule has 4 rings (SSSR count). The number of aromatic nitrogens is 2. The van der Waals surface area contributed by atoms with Crippen LogP contribution in [-0.2, 0) is 11.2 Å². The van der Waals surface area contributed by atoms with Gasteiger partial charge in [0.25, 0.3) is 0 Å². The van der Waals surface area contributed by atoms with Crippen LogP contribution < -0.4 is 10.1 Å². The Morgan fingerprint density at radius 3 is 2.50 bits per heavy atom. The van der Waals surface area contributed by atoms with E-state index in [-0.39, 0.29) is 17.8 Å². The molecular formula is C28H30FN3O2. The smallest absolute Gasteiger partial charge is 0.225 e. The summed E-state index contributed by atoms with van der Waals surface area (Å²) < 4.78 is 21.1. The molecule has 0 aliphatic heterocycles. The molecule has 4 aromatic rings. The summed E-state index contributed by atoms with van der Waals surface area (Å²) in [5.74, 6) is 0.433. The van der Waals surface area contributed by atoms with Crippen LogP contribution in [0.25, 0.3) is 16.6 Å². The predicted octanol–water partition coefficient (Wildman–Crippen LogP) is 5.71. The monoisotopic (exact) mass is 459 g/mol. The van der Waals surface area contributed by atoms with E-state index < -0.39 is 5.41 Å². The third-order valence-corrected chi connectivity index (χ3v) is 5.70. The number of hydrogen-bond acceptors (Lipinski definition) is 3. The predicted molar refractivity (Wildman–Crippen MR) is 133 cm³/mol. The molecule has 1 unspecified atom stereocenters. The number of carbonyl (C=O) groups is 1. The molecule has 0 spiro atoms. The first-order chi connectivity index (χ1) is 16.3. The molecule has 1 aromatic heterocycles. The van der Waals surface area contributed by atoms with Gasteiger partial charge in [-0.2, -0.15) is 5.10 Å². The van der Waals surface area contributed by atoms with Crippen molar-refractivity contribution >= 4 is 16.8 Å². The molecule has 0 bridgehead atoms. The minimum atomic E-state index is -0.473. The molecule has 0 aliphatic rings. The number of carbonyl (C=O) groups excluding carboxylic acids is 1.